The molecule has 1 heterocycles. The Morgan fingerprint density at radius 2 is 1.91 bits per heavy atom. The van der Waals surface area contributed by atoms with Gasteiger partial charge in [0.25, 0.3) is 0 Å². The van der Waals surface area contributed by atoms with Crippen molar-refractivity contribution in [3.05, 3.63) is 23.5 Å². The second-order valence-electron chi connectivity index (χ2n) is 6.53. The quantitative estimate of drug-likeness (QED) is 0.919. The van der Waals surface area contributed by atoms with Crippen LogP contribution in [0.4, 0.5) is 13.2 Å². The lowest BCUT2D eigenvalue weighted by Gasteiger charge is -2.30. The number of aliphatic hydroxyl groups is 1. The first-order valence-electron chi connectivity index (χ1n) is 7.58. The second kappa shape index (κ2) is 5.12. The highest BCUT2D eigenvalue weighted by molar-refractivity contribution is 5.85. The molecular formula is C16H19F3N2O2. The largest absolute Gasteiger partial charge is 0.573 e. The lowest BCUT2D eigenvalue weighted by atomic mass is 9.92. The normalized spacial score (nSPS) is 16.7. The van der Waals surface area contributed by atoms with E-state index in [-0.39, 0.29) is 17.4 Å². The Labute approximate surface area is 131 Å². The summed E-state index contributed by atoms with van der Waals surface area (Å²) in [5.41, 5.74) is -0.606. The number of halogens is 3. The van der Waals surface area contributed by atoms with Gasteiger partial charge < -0.3 is 14.4 Å². The van der Waals surface area contributed by atoms with E-state index in [1.165, 1.54) is 19.9 Å². The first kappa shape index (κ1) is 16.1. The summed E-state index contributed by atoms with van der Waals surface area (Å²) in [6.07, 6.45) is -1.98. The van der Waals surface area contributed by atoms with Gasteiger partial charge >= 0.3 is 6.36 Å². The minimum atomic E-state index is -4.84. The van der Waals surface area contributed by atoms with Crippen molar-refractivity contribution in [3.63, 3.8) is 0 Å². The van der Waals surface area contributed by atoms with Crippen LogP contribution >= 0.6 is 0 Å². The van der Waals surface area contributed by atoms with Crippen molar-refractivity contribution in [2.45, 2.75) is 58.0 Å². The number of ether oxygens (including phenoxy) is 1. The number of benzene rings is 1. The average Bonchev–Trinajstić information content (AvgIpc) is 2.61. The maximum absolute atomic E-state index is 12.9. The van der Waals surface area contributed by atoms with E-state index in [9.17, 15) is 18.3 Å². The predicted octanol–water partition coefficient (Wildman–Crippen LogP) is 4.20. The fourth-order valence-corrected chi connectivity index (χ4v) is 3.07. The van der Waals surface area contributed by atoms with E-state index in [0.717, 1.165) is 19.3 Å². The molecule has 23 heavy (non-hydrogen) atoms. The summed E-state index contributed by atoms with van der Waals surface area (Å²) in [4.78, 5) is 4.36. The van der Waals surface area contributed by atoms with Gasteiger partial charge in [-0.25, -0.2) is 4.98 Å². The van der Waals surface area contributed by atoms with Crippen molar-refractivity contribution in [2.75, 3.05) is 0 Å². The zero-order valence-electron chi connectivity index (χ0n) is 13.2. The van der Waals surface area contributed by atoms with E-state index in [1.807, 2.05) is 4.57 Å². The molecule has 126 valence electrons. The molecule has 4 nitrogen and oxygen atoms in total. The number of hydrogen-bond acceptors (Lipinski definition) is 3. The van der Waals surface area contributed by atoms with Crippen molar-refractivity contribution in [1.29, 1.82) is 0 Å². The summed E-state index contributed by atoms with van der Waals surface area (Å²) in [5.74, 6) is 0.305. The van der Waals surface area contributed by atoms with Crippen LogP contribution in [-0.2, 0) is 5.60 Å². The number of nitrogens with zero attached hydrogens (tertiary/aromatic N) is 2. The van der Waals surface area contributed by atoms with Gasteiger partial charge in [-0.1, -0.05) is 6.07 Å². The van der Waals surface area contributed by atoms with E-state index >= 15 is 0 Å². The van der Waals surface area contributed by atoms with Gasteiger partial charge in [0.15, 0.2) is 5.75 Å². The number of aryl methyl sites for hydroxylation is 1. The molecule has 1 fully saturated rings. The molecule has 1 aromatic carbocycles. The third kappa shape index (κ3) is 2.89. The van der Waals surface area contributed by atoms with E-state index in [4.69, 9.17) is 0 Å². The maximum atomic E-state index is 12.9. The van der Waals surface area contributed by atoms with E-state index in [1.54, 1.807) is 13.0 Å². The summed E-state index contributed by atoms with van der Waals surface area (Å²) in [6, 6.07) is 3.21. The summed E-state index contributed by atoms with van der Waals surface area (Å²) in [7, 11) is 0. The van der Waals surface area contributed by atoms with Crippen molar-refractivity contribution >= 4 is 11.0 Å². The van der Waals surface area contributed by atoms with Gasteiger partial charge in [-0.2, -0.15) is 0 Å². The Kier molecular flexibility index (Phi) is 3.59. The molecule has 0 spiro atoms. The van der Waals surface area contributed by atoms with Gasteiger partial charge in [0, 0.05) is 11.6 Å². The molecular weight excluding hydrogens is 309 g/mol. The van der Waals surface area contributed by atoms with Crippen LogP contribution in [0.5, 0.6) is 5.75 Å². The van der Waals surface area contributed by atoms with Crippen molar-refractivity contribution in [3.8, 4) is 5.75 Å². The third-order valence-corrected chi connectivity index (χ3v) is 4.30. The number of hydrogen-bond donors (Lipinski definition) is 1. The summed E-state index contributed by atoms with van der Waals surface area (Å²) < 4.78 is 45.0. The van der Waals surface area contributed by atoms with E-state index < -0.39 is 12.0 Å². The molecule has 2 aromatic rings. The second-order valence-corrected chi connectivity index (χ2v) is 6.53. The van der Waals surface area contributed by atoms with Gasteiger partial charge in [0.2, 0.25) is 0 Å². The van der Waals surface area contributed by atoms with Crippen molar-refractivity contribution < 1.29 is 23.0 Å². The number of imidazole rings is 1. The third-order valence-electron chi connectivity index (χ3n) is 4.30. The molecule has 7 heteroatoms. The molecule has 0 saturated heterocycles. The predicted molar refractivity (Wildman–Crippen MR) is 79.3 cm³/mol. The SMILES string of the molecule is Cc1nc2ccc(C(C)(C)O)c(OC(F)(F)F)c2n1C1CCC1. The van der Waals surface area contributed by atoms with Crippen LogP contribution in [0, 0.1) is 6.92 Å². The van der Waals surface area contributed by atoms with Gasteiger partial charge in [-0.05, 0) is 46.1 Å². The fourth-order valence-electron chi connectivity index (χ4n) is 3.07. The summed E-state index contributed by atoms with van der Waals surface area (Å²) in [5, 5.41) is 10.3. The molecule has 0 unspecified atom stereocenters. The smallest absolute Gasteiger partial charge is 0.403 e. The number of alkyl halides is 3. The maximum Gasteiger partial charge on any atom is 0.573 e. The number of rotatable bonds is 3. The molecule has 1 saturated carbocycles. The van der Waals surface area contributed by atoms with Crippen LogP contribution in [-0.4, -0.2) is 21.0 Å². The molecule has 0 aliphatic heterocycles. The zero-order chi connectivity index (χ0) is 17.0. The highest BCUT2D eigenvalue weighted by Gasteiger charge is 2.37. The lowest BCUT2D eigenvalue weighted by Crippen LogP contribution is -2.24. The van der Waals surface area contributed by atoms with Crippen LogP contribution in [0.15, 0.2) is 12.1 Å². The average molecular weight is 328 g/mol. The molecule has 1 N–H and O–H groups in total. The molecule has 0 atom stereocenters. The van der Waals surface area contributed by atoms with E-state index in [0.29, 0.717) is 16.9 Å². The minimum Gasteiger partial charge on any atom is -0.403 e. The Bertz CT molecular complexity index is 740. The topological polar surface area (TPSA) is 47.3 Å². The molecule has 0 amide bonds. The van der Waals surface area contributed by atoms with Crippen molar-refractivity contribution in [1.82, 2.24) is 9.55 Å². The minimum absolute atomic E-state index is 0.0998. The van der Waals surface area contributed by atoms with Crippen LogP contribution in [0.25, 0.3) is 11.0 Å². The van der Waals surface area contributed by atoms with Crippen LogP contribution < -0.4 is 4.74 Å². The van der Waals surface area contributed by atoms with Crippen LogP contribution in [0.3, 0.4) is 0 Å². The molecule has 1 aromatic heterocycles. The summed E-state index contributed by atoms with van der Waals surface area (Å²) in [6.45, 7) is 4.65. The molecule has 3 rings (SSSR count). The zero-order valence-corrected chi connectivity index (χ0v) is 13.2. The Hall–Kier alpha value is -1.76. The van der Waals surface area contributed by atoms with Crippen LogP contribution in [0.2, 0.25) is 0 Å². The Morgan fingerprint density at radius 3 is 2.39 bits per heavy atom. The van der Waals surface area contributed by atoms with Gasteiger partial charge in [-0.15, -0.1) is 13.2 Å². The Balaban J connectivity index is 2.30. The standard InChI is InChI=1S/C16H19F3N2O2/c1-9-20-12-8-7-11(15(2,3)22)14(23-16(17,18)19)13(12)21(9)10-5-4-6-10/h7-8,10,22H,4-6H2,1-3H3. The first-order chi connectivity index (χ1) is 10.6. The van der Waals surface area contributed by atoms with Crippen molar-refractivity contribution in [2.24, 2.45) is 0 Å². The number of aromatic nitrogens is 2. The molecule has 0 radical (unpaired) electrons. The lowest BCUT2D eigenvalue weighted by molar-refractivity contribution is -0.274. The van der Waals surface area contributed by atoms with Gasteiger partial charge in [-0.3, -0.25) is 0 Å². The highest BCUT2D eigenvalue weighted by atomic mass is 19.4. The monoisotopic (exact) mass is 328 g/mol. The highest BCUT2D eigenvalue weighted by Crippen LogP contribution is 2.43. The molecule has 1 aliphatic rings. The van der Waals surface area contributed by atoms with Crippen LogP contribution in [0.1, 0.15) is 50.5 Å². The molecule has 0 bridgehead atoms. The van der Waals surface area contributed by atoms with E-state index in [2.05, 4.69) is 9.72 Å². The summed E-state index contributed by atoms with van der Waals surface area (Å²) >= 11 is 0. The fraction of sp³-hybridized carbons (Fsp3) is 0.562. The first-order valence-corrected chi connectivity index (χ1v) is 7.58. The van der Waals surface area contributed by atoms with Gasteiger partial charge in [0.05, 0.1) is 11.1 Å². The van der Waals surface area contributed by atoms with Gasteiger partial charge in [0.1, 0.15) is 11.3 Å². The Morgan fingerprint density at radius 1 is 1.26 bits per heavy atom. The molecule has 1 aliphatic carbocycles. The number of fused-ring (bicyclic) bond motifs is 1.